The summed E-state index contributed by atoms with van der Waals surface area (Å²) in [6, 6.07) is 8.52. The van der Waals surface area contributed by atoms with Gasteiger partial charge in [0.25, 0.3) is 0 Å². The predicted molar refractivity (Wildman–Crippen MR) is 90.3 cm³/mol. The summed E-state index contributed by atoms with van der Waals surface area (Å²) >= 11 is 5.74. The van der Waals surface area contributed by atoms with Gasteiger partial charge in [-0.1, -0.05) is 30.3 Å². The highest BCUT2D eigenvalue weighted by Crippen LogP contribution is 2.25. The Hall–Kier alpha value is -1.65. The Morgan fingerprint density at radius 3 is 2.59 bits per heavy atom. The van der Waals surface area contributed by atoms with Crippen molar-refractivity contribution < 1.29 is 0 Å². The maximum atomic E-state index is 5.74. The molecule has 4 nitrogen and oxygen atoms in total. The Bertz CT molecular complexity index is 645. The Balaban J connectivity index is 1.72. The highest BCUT2D eigenvalue weighted by atomic mass is 35.5. The lowest BCUT2D eigenvalue weighted by Gasteiger charge is -2.25. The third-order valence-electron chi connectivity index (χ3n) is 3.94. The first-order valence-corrected chi connectivity index (χ1v) is 8.16. The van der Waals surface area contributed by atoms with Crippen LogP contribution in [0.4, 0.5) is 0 Å². The Labute approximate surface area is 136 Å². The molecule has 1 aromatic heterocycles. The lowest BCUT2D eigenvalue weighted by Crippen LogP contribution is -2.26. The number of alkyl halides is 1. The van der Waals surface area contributed by atoms with Crippen molar-refractivity contribution in [2.24, 2.45) is 0 Å². The predicted octanol–water partition coefficient (Wildman–Crippen LogP) is 3.45. The molecular weight excluding hydrogens is 296 g/mol. The first-order valence-electron chi connectivity index (χ1n) is 7.62. The molecule has 3 rings (SSSR count). The molecule has 1 aliphatic heterocycles. The molecule has 0 atom stereocenters. The van der Waals surface area contributed by atoms with Crippen LogP contribution in [0.15, 0.2) is 36.7 Å². The zero-order valence-corrected chi connectivity index (χ0v) is 13.5. The third-order valence-corrected chi connectivity index (χ3v) is 4.08. The quantitative estimate of drug-likeness (QED) is 0.792. The molecule has 0 amide bonds. The third kappa shape index (κ3) is 3.39. The van der Waals surface area contributed by atoms with E-state index >= 15 is 0 Å². The number of hydrogen-bond donors (Lipinski definition) is 0. The van der Waals surface area contributed by atoms with Gasteiger partial charge in [-0.15, -0.1) is 11.6 Å². The lowest BCUT2D eigenvalue weighted by atomic mass is 9.98. The normalized spacial score (nSPS) is 15.8. The summed E-state index contributed by atoms with van der Waals surface area (Å²) in [6.45, 7) is 6.92. The van der Waals surface area contributed by atoms with Gasteiger partial charge < -0.3 is 0 Å². The van der Waals surface area contributed by atoms with Gasteiger partial charge in [0.1, 0.15) is 6.33 Å². The van der Waals surface area contributed by atoms with Crippen LogP contribution in [0, 0.1) is 6.54 Å². The average Bonchev–Trinajstić information content (AvgIpc) is 3.05. The number of rotatable bonds is 5. The molecule has 0 fully saturated rings. The maximum Gasteiger partial charge on any atom is 0.181 e. The van der Waals surface area contributed by atoms with Gasteiger partial charge in [-0.2, -0.15) is 5.10 Å². The van der Waals surface area contributed by atoms with E-state index in [-0.39, 0.29) is 0 Å². The second-order valence-corrected chi connectivity index (χ2v) is 5.62. The van der Waals surface area contributed by atoms with Gasteiger partial charge in [0, 0.05) is 37.6 Å². The van der Waals surface area contributed by atoms with E-state index in [1.807, 2.05) is 11.2 Å². The van der Waals surface area contributed by atoms with Crippen LogP contribution in [0.1, 0.15) is 18.9 Å². The summed E-state index contributed by atoms with van der Waals surface area (Å²) in [7, 11) is 0. The summed E-state index contributed by atoms with van der Waals surface area (Å²) < 4.78 is 1.84. The number of hydrogen-bond acceptors (Lipinski definition) is 3. The van der Waals surface area contributed by atoms with Crippen LogP contribution in [0.2, 0.25) is 0 Å². The van der Waals surface area contributed by atoms with Gasteiger partial charge in [-0.05, 0) is 24.5 Å². The lowest BCUT2D eigenvalue weighted by molar-refractivity contribution is 0.373. The van der Waals surface area contributed by atoms with Gasteiger partial charge >= 0.3 is 0 Å². The molecule has 2 heterocycles. The molecule has 0 saturated heterocycles. The van der Waals surface area contributed by atoms with Crippen molar-refractivity contribution in [3.05, 3.63) is 48.8 Å². The van der Waals surface area contributed by atoms with E-state index in [1.54, 1.807) is 6.33 Å². The minimum absolute atomic E-state index is 0.579. The molecule has 0 N–H and O–H groups in total. The maximum absolute atomic E-state index is 5.74. The van der Waals surface area contributed by atoms with Crippen LogP contribution in [0.25, 0.3) is 17.0 Å². The van der Waals surface area contributed by atoms with Crippen molar-refractivity contribution in [2.75, 3.05) is 19.0 Å². The number of aryl methyl sites for hydroxylation is 1. The molecule has 22 heavy (non-hydrogen) atoms. The second kappa shape index (κ2) is 7.07. The molecule has 1 aliphatic rings. The number of halogens is 1. The van der Waals surface area contributed by atoms with E-state index in [2.05, 4.69) is 52.2 Å². The van der Waals surface area contributed by atoms with Crippen LogP contribution in [0.3, 0.4) is 0 Å². The van der Waals surface area contributed by atoms with E-state index < -0.39 is 0 Å². The smallest absolute Gasteiger partial charge is 0.181 e. The monoisotopic (exact) mass is 315 g/mol. The van der Waals surface area contributed by atoms with Crippen LogP contribution >= 0.6 is 11.6 Å². The van der Waals surface area contributed by atoms with E-state index in [4.69, 9.17) is 11.6 Å². The molecule has 115 valence electrons. The molecule has 1 radical (unpaired) electrons. The minimum Gasteiger partial charge on any atom is -0.294 e. The van der Waals surface area contributed by atoms with E-state index in [0.29, 0.717) is 5.88 Å². The van der Waals surface area contributed by atoms with Gasteiger partial charge in [0.2, 0.25) is 0 Å². The molecule has 0 spiro atoms. The summed E-state index contributed by atoms with van der Waals surface area (Å²) in [5.41, 5.74) is 3.74. The Kier molecular flexibility index (Phi) is 4.90. The highest BCUT2D eigenvalue weighted by molar-refractivity contribution is 6.18. The zero-order valence-electron chi connectivity index (χ0n) is 12.7. The number of aromatic nitrogens is 3. The molecular formula is C17H20ClN4. The zero-order chi connectivity index (χ0) is 15.4. The average molecular weight is 316 g/mol. The van der Waals surface area contributed by atoms with Gasteiger partial charge in [-0.25, -0.2) is 4.98 Å². The molecule has 0 bridgehead atoms. The second-order valence-electron chi connectivity index (χ2n) is 5.31. The number of benzene rings is 1. The van der Waals surface area contributed by atoms with Gasteiger partial charge in [0.05, 0.1) is 0 Å². The summed E-state index contributed by atoms with van der Waals surface area (Å²) in [4.78, 5) is 6.60. The van der Waals surface area contributed by atoms with Crippen molar-refractivity contribution in [3.8, 4) is 11.4 Å². The SMILES string of the molecule is CCn1cnc(-c2ccc(C3=CCN([CH]CCl)CC3)cc2)n1. The fourth-order valence-electron chi connectivity index (χ4n) is 2.62. The van der Waals surface area contributed by atoms with Crippen molar-refractivity contribution >= 4 is 17.2 Å². The van der Waals surface area contributed by atoms with Crippen LogP contribution in [0.5, 0.6) is 0 Å². The fourth-order valence-corrected chi connectivity index (χ4v) is 2.82. The Morgan fingerprint density at radius 2 is 2.00 bits per heavy atom. The topological polar surface area (TPSA) is 34.0 Å². The van der Waals surface area contributed by atoms with Crippen molar-refractivity contribution in [2.45, 2.75) is 19.9 Å². The summed E-state index contributed by atoms with van der Waals surface area (Å²) in [5, 5.41) is 4.44. The highest BCUT2D eigenvalue weighted by Gasteiger charge is 2.13. The van der Waals surface area contributed by atoms with Crippen molar-refractivity contribution in [1.82, 2.24) is 19.7 Å². The molecule has 0 aliphatic carbocycles. The Morgan fingerprint density at radius 1 is 1.23 bits per heavy atom. The standard InChI is InChI=1S/C17H20ClN4/c1-2-22-13-19-17(20-22)16-5-3-14(4-6-16)15-7-10-21(11-8-15)12-9-18/h3-7,12-13H,2,8-11H2,1H3. The molecule has 5 heteroatoms. The molecule has 1 aromatic carbocycles. The minimum atomic E-state index is 0.579. The van der Waals surface area contributed by atoms with E-state index in [0.717, 1.165) is 37.4 Å². The van der Waals surface area contributed by atoms with E-state index in [1.165, 1.54) is 11.1 Å². The molecule has 0 unspecified atom stereocenters. The van der Waals surface area contributed by atoms with E-state index in [9.17, 15) is 0 Å². The van der Waals surface area contributed by atoms with Gasteiger partial charge in [-0.3, -0.25) is 9.58 Å². The van der Waals surface area contributed by atoms with Crippen molar-refractivity contribution in [3.63, 3.8) is 0 Å². The van der Waals surface area contributed by atoms with Crippen LogP contribution in [-0.4, -0.2) is 38.6 Å². The summed E-state index contributed by atoms with van der Waals surface area (Å²) in [5.74, 6) is 1.36. The van der Waals surface area contributed by atoms with Crippen molar-refractivity contribution in [1.29, 1.82) is 0 Å². The summed E-state index contributed by atoms with van der Waals surface area (Å²) in [6.07, 6.45) is 5.11. The van der Waals surface area contributed by atoms with Gasteiger partial charge in [0.15, 0.2) is 5.82 Å². The first kappa shape index (κ1) is 15.3. The number of nitrogens with zero attached hydrogens (tertiary/aromatic N) is 4. The first-order chi connectivity index (χ1) is 10.8. The molecule has 2 aromatic rings. The molecule has 0 saturated carbocycles. The van der Waals surface area contributed by atoms with Crippen LogP contribution < -0.4 is 0 Å². The van der Waals surface area contributed by atoms with Crippen LogP contribution in [-0.2, 0) is 6.54 Å². The largest absolute Gasteiger partial charge is 0.294 e. The fraction of sp³-hybridized carbons (Fsp3) is 0.353.